The molecule has 5 heteroatoms. The quantitative estimate of drug-likeness (QED) is 0.819. The molecule has 0 saturated carbocycles. The van der Waals surface area contributed by atoms with Crippen LogP contribution in [-0.4, -0.2) is 19.2 Å². The zero-order chi connectivity index (χ0) is 10.8. The van der Waals surface area contributed by atoms with Gasteiger partial charge in [-0.2, -0.15) is 0 Å². The molecule has 2 N–H and O–H groups in total. The van der Waals surface area contributed by atoms with Gasteiger partial charge in [0.2, 0.25) is 0 Å². The van der Waals surface area contributed by atoms with Crippen molar-refractivity contribution in [3.05, 3.63) is 17.8 Å². The van der Waals surface area contributed by atoms with Crippen molar-refractivity contribution in [2.75, 3.05) is 11.5 Å². The summed E-state index contributed by atoms with van der Waals surface area (Å²) in [6.45, 7) is 3.57. The van der Waals surface area contributed by atoms with E-state index in [2.05, 4.69) is 4.98 Å². The van der Waals surface area contributed by atoms with E-state index in [0.29, 0.717) is 6.42 Å². The van der Waals surface area contributed by atoms with E-state index in [4.69, 9.17) is 5.73 Å². The van der Waals surface area contributed by atoms with E-state index in [1.165, 1.54) is 6.20 Å². The highest BCUT2D eigenvalue weighted by Gasteiger charge is 2.18. The largest absolute Gasteiger partial charge is 0.396 e. The van der Waals surface area contributed by atoms with Crippen LogP contribution >= 0.6 is 0 Å². The van der Waals surface area contributed by atoms with E-state index >= 15 is 0 Å². The molecule has 4 nitrogen and oxygen atoms in total. The fourth-order valence-corrected chi connectivity index (χ4v) is 2.61. The lowest BCUT2D eigenvalue weighted by Gasteiger charge is -2.06. The van der Waals surface area contributed by atoms with Gasteiger partial charge in [-0.05, 0) is 25.0 Å². The number of nitrogen functional groups attached to an aromatic ring is 1. The SMILES string of the molecule is CCCS(=O)(=O)c1nccc(C)c1N. The Hall–Kier alpha value is -1.10. The van der Waals surface area contributed by atoms with Gasteiger partial charge in [0, 0.05) is 6.20 Å². The smallest absolute Gasteiger partial charge is 0.197 e. The second-order valence-electron chi connectivity index (χ2n) is 3.17. The van der Waals surface area contributed by atoms with Gasteiger partial charge in [-0.3, -0.25) is 0 Å². The molecule has 1 heterocycles. The molecule has 0 spiro atoms. The zero-order valence-corrected chi connectivity index (χ0v) is 9.13. The van der Waals surface area contributed by atoms with Crippen LogP contribution in [0.15, 0.2) is 17.3 Å². The highest BCUT2D eigenvalue weighted by atomic mass is 32.2. The Balaban J connectivity index is 3.27. The Bertz CT molecular complexity index is 426. The lowest BCUT2D eigenvalue weighted by atomic mass is 10.3. The van der Waals surface area contributed by atoms with E-state index in [1.807, 2.05) is 6.92 Å². The standard InChI is InChI=1S/C9H14N2O2S/c1-3-6-14(12,13)9-8(10)7(2)4-5-11-9/h4-5H,3,6,10H2,1-2H3. The molecular weight excluding hydrogens is 200 g/mol. The van der Waals surface area contributed by atoms with Gasteiger partial charge < -0.3 is 5.73 Å². The first-order valence-corrected chi connectivity index (χ1v) is 6.08. The van der Waals surface area contributed by atoms with Crippen molar-refractivity contribution in [3.63, 3.8) is 0 Å². The number of pyridine rings is 1. The molecule has 0 aromatic carbocycles. The lowest BCUT2D eigenvalue weighted by Crippen LogP contribution is -2.11. The highest BCUT2D eigenvalue weighted by Crippen LogP contribution is 2.20. The average molecular weight is 214 g/mol. The van der Waals surface area contributed by atoms with E-state index < -0.39 is 9.84 Å². The summed E-state index contributed by atoms with van der Waals surface area (Å²) in [6, 6.07) is 1.69. The van der Waals surface area contributed by atoms with Crippen LogP contribution in [0.2, 0.25) is 0 Å². The minimum atomic E-state index is -3.30. The maximum atomic E-state index is 11.7. The molecule has 0 radical (unpaired) electrons. The van der Waals surface area contributed by atoms with Crippen LogP contribution in [0.4, 0.5) is 5.69 Å². The van der Waals surface area contributed by atoms with E-state index in [-0.39, 0.29) is 16.5 Å². The molecule has 0 atom stereocenters. The van der Waals surface area contributed by atoms with Crippen LogP contribution in [0.1, 0.15) is 18.9 Å². The summed E-state index contributed by atoms with van der Waals surface area (Å²) in [4.78, 5) is 3.82. The molecule has 1 aromatic rings. The Morgan fingerprint density at radius 2 is 2.14 bits per heavy atom. The molecular formula is C9H14N2O2S. The second kappa shape index (κ2) is 3.96. The number of hydrogen-bond acceptors (Lipinski definition) is 4. The molecule has 0 aliphatic rings. The van der Waals surface area contributed by atoms with E-state index in [1.54, 1.807) is 13.0 Å². The van der Waals surface area contributed by atoms with Crippen molar-refractivity contribution in [2.24, 2.45) is 0 Å². The molecule has 0 aliphatic carbocycles. The third-order valence-corrected chi connectivity index (χ3v) is 3.80. The van der Waals surface area contributed by atoms with Gasteiger partial charge in [-0.25, -0.2) is 13.4 Å². The van der Waals surface area contributed by atoms with Gasteiger partial charge >= 0.3 is 0 Å². The Morgan fingerprint density at radius 1 is 1.50 bits per heavy atom. The number of nitrogens with two attached hydrogens (primary N) is 1. The Kier molecular flexibility index (Phi) is 3.10. The Morgan fingerprint density at radius 3 is 2.71 bits per heavy atom. The van der Waals surface area contributed by atoms with Crippen molar-refractivity contribution < 1.29 is 8.42 Å². The first kappa shape index (κ1) is 11.0. The molecule has 0 bridgehead atoms. The van der Waals surface area contributed by atoms with Crippen LogP contribution in [0.5, 0.6) is 0 Å². The predicted molar refractivity (Wildman–Crippen MR) is 55.7 cm³/mol. The second-order valence-corrected chi connectivity index (χ2v) is 5.19. The third kappa shape index (κ3) is 2.04. The number of rotatable bonds is 3. The number of aryl methyl sites for hydroxylation is 1. The third-order valence-electron chi connectivity index (χ3n) is 1.94. The van der Waals surface area contributed by atoms with Crippen molar-refractivity contribution in [2.45, 2.75) is 25.3 Å². The van der Waals surface area contributed by atoms with Gasteiger partial charge in [0.15, 0.2) is 14.9 Å². The van der Waals surface area contributed by atoms with Crippen LogP contribution in [0.25, 0.3) is 0 Å². The molecule has 0 fully saturated rings. The molecule has 0 amide bonds. The molecule has 0 aliphatic heterocycles. The Labute approximate surface area is 84.1 Å². The maximum absolute atomic E-state index is 11.7. The average Bonchev–Trinajstić information content (AvgIpc) is 2.09. The van der Waals surface area contributed by atoms with Crippen LogP contribution < -0.4 is 5.73 Å². The number of anilines is 1. The summed E-state index contributed by atoms with van der Waals surface area (Å²) < 4.78 is 23.3. The van der Waals surface area contributed by atoms with Crippen molar-refractivity contribution in [1.29, 1.82) is 0 Å². The zero-order valence-electron chi connectivity index (χ0n) is 8.32. The van der Waals surface area contributed by atoms with E-state index in [0.717, 1.165) is 5.56 Å². The summed E-state index contributed by atoms with van der Waals surface area (Å²) in [6.07, 6.45) is 2.03. The number of nitrogens with zero attached hydrogens (tertiary/aromatic N) is 1. The number of hydrogen-bond donors (Lipinski definition) is 1. The van der Waals surface area contributed by atoms with Gasteiger partial charge in [0.25, 0.3) is 0 Å². The fraction of sp³-hybridized carbons (Fsp3) is 0.444. The summed E-state index contributed by atoms with van der Waals surface area (Å²) in [5, 5.41) is 0.0133. The molecule has 0 unspecified atom stereocenters. The monoisotopic (exact) mass is 214 g/mol. The molecule has 1 aromatic heterocycles. The number of sulfone groups is 1. The van der Waals surface area contributed by atoms with Crippen molar-refractivity contribution in [1.82, 2.24) is 4.98 Å². The first-order valence-electron chi connectivity index (χ1n) is 4.43. The summed E-state index contributed by atoms with van der Waals surface area (Å²) >= 11 is 0. The molecule has 0 saturated heterocycles. The normalized spacial score (nSPS) is 11.6. The molecule has 78 valence electrons. The highest BCUT2D eigenvalue weighted by molar-refractivity contribution is 7.91. The first-order chi connectivity index (χ1) is 6.49. The minimum absolute atomic E-state index is 0.0133. The van der Waals surface area contributed by atoms with Gasteiger partial charge in [0.1, 0.15) is 0 Å². The lowest BCUT2D eigenvalue weighted by molar-refractivity contribution is 0.591. The van der Waals surface area contributed by atoms with Crippen LogP contribution in [-0.2, 0) is 9.84 Å². The topological polar surface area (TPSA) is 73.0 Å². The minimum Gasteiger partial charge on any atom is -0.396 e. The number of aromatic nitrogens is 1. The summed E-state index contributed by atoms with van der Waals surface area (Å²) in [5.74, 6) is 0.0909. The van der Waals surface area contributed by atoms with Crippen molar-refractivity contribution >= 4 is 15.5 Å². The van der Waals surface area contributed by atoms with Gasteiger partial charge in [-0.1, -0.05) is 6.92 Å². The van der Waals surface area contributed by atoms with Crippen molar-refractivity contribution in [3.8, 4) is 0 Å². The van der Waals surface area contributed by atoms with Gasteiger partial charge in [-0.15, -0.1) is 0 Å². The molecule has 14 heavy (non-hydrogen) atoms. The summed E-state index contributed by atoms with van der Waals surface area (Å²) in [7, 11) is -3.30. The maximum Gasteiger partial charge on any atom is 0.197 e. The summed E-state index contributed by atoms with van der Waals surface area (Å²) in [5.41, 5.74) is 6.67. The fourth-order valence-electron chi connectivity index (χ4n) is 1.16. The van der Waals surface area contributed by atoms with Gasteiger partial charge in [0.05, 0.1) is 11.4 Å². The molecule has 1 rings (SSSR count). The van der Waals surface area contributed by atoms with Crippen LogP contribution in [0, 0.1) is 6.92 Å². The van der Waals surface area contributed by atoms with E-state index in [9.17, 15) is 8.42 Å². The predicted octanol–water partition coefficient (Wildman–Crippen LogP) is 1.16. The van der Waals surface area contributed by atoms with Crippen LogP contribution in [0.3, 0.4) is 0 Å².